The van der Waals surface area contributed by atoms with Crippen molar-refractivity contribution in [2.24, 2.45) is 0 Å². The fourth-order valence-corrected chi connectivity index (χ4v) is 2.38. The predicted molar refractivity (Wildman–Crippen MR) is 104 cm³/mol. The Labute approximate surface area is 161 Å². The van der Waals surface area contributed by atoms with E-state index in [0.29, 0.717) is 22.3 Å². The molecule has 0 radical (unpaired) electrons. The predicted octanol–water partition coefficient (Wildman–Crippen LogP) is 3.00. The number of hydrogen-bond acceptors (Lipinski definition) is 5. The number of nitrogens with one attached hydrogen (secondary N) is 3. The van der Waals surface area contributed by atoms with Crippen molar-refractivity contribution in [1.82, 2.24) is 10.9 Å². The van der Waals surface area contributed by atoms with E-state index in [1.54, 1.807) is 30.3 Å². The molecule has 0 aliphatic rings. The molecule has 2 aromatic rings. The molecule has 0 saturated heterocycles. The van der Waals surface area contributed by atoms with Crippen molar-refractivity contribution >= 4 is 40.5 Å². The lowest BCUT2D eigenvalue weighted by Crippen LogP contribution is -2.43. The maximum absolute atomic E-state index is 12.4. The molecule has 138 valence electrons. The monoisotopic (exact) mass is 395 g/mol. The number of benzene rings is 2. The minimum Gasteiger partial charge on any atom is -0.496 e. The number of hydrazine groups is 1. The summed E-state index contributed by atoms with van der Waals surface area (Å²) in [6, 6.07) is 10.0. The molecule has 2 rings (SSSR count). The summed E-state index contributed by atoms with van der Waals surface area (Å²) in [6.45, 7) is 0. The SMILES string of the molecule is COc1cc(OC)c(C(=O)NNC(=S)Nc2ccc(Cl)cc2)cc1OC. The summed E-state index contributed by atoms with van der Waals surface area (Å²) in [4.78, 5) is 12.4. The number of halogens is 1. The lowest BCUT2D eigenvalue weighted by atomic mass is 10.1. The molecule has 0 bridgehead atoms. The smallest absolute Gasteiger partial charge is 0.273 e. The Morgan fingerprint density at radius 3 is 2.08 bits per heavy atom. The number of carbonyl (C=O) groups excluding carboxylic acids is 1. The normalized spacial score (nSPS) is 9.85. The summed E-state index contributed by atoms with van der Waals surface area (Å²) >= 11 is 11.0. The van der Waals surface area contributed by atoms with Crippen LogP contribution in [-0.4, -0.2) is 32.3 Å². The Morgan fingerprint density at radius 2 is 1.50 bits per heavy atom. The minimum atomic E-state index is -0.456. The van der Waals surface area contributed by atoms with Crippen LogP contribution in [0.25, 0.3) is 0 Å². The van der Waals surface area contributed by atoms with Gasteiger partial charge in [0.2, 0.25) is 0 Å². The number of anilines is 1. The van der Waals surface area contributed by atoms with Crippen molar-refractivity contribution in [1.29, 1.82) is 0 Å². The van der Waals surface area contributed by atoms with Gasteiger partial charge in [-0.05, 0) is 36.5 Å². The number of carbonyl (C=O) groups is 1. The first-order chi connectivity index (χ1) is 12.5. The molecule has 0 heterocycles. The number of rotatable bonds is 5. The molecule has 0 spiro atoms. The fourth-order valence-electron chi connectivity index (χ4n) is 2.08. The number of ether oxygens (including phenoxy) is 3. The van der Waals surface area contributed by atoms with E-state index < -0.39 is 5.91 Å². The zero-order valence-electron chi connectivity index (χ0n) is 14.4. The largest absolute Gasteiger partial charge is 0.496 e. The van der Waals surface area contributed by atoms with E-state index in [4.69, 9.17) is 38.0 Å². The molecule has 0 unspecified atom stereocenters. The van der Waals surface area contributed by atoms with Gasteiger partial charge in [0, 0.05) is 22.8 Å². The number of hydrogen-bond donors (Lipinski definition) is 3. The van der Waals surface area contributed by atoms with Crippen LogP contribution in [0, 0.1) is 0 Å². The zero-order valence-corrected chi connectivity index (χ0v) is 16.0. The molecule has 1 amide bonds. The highest BCUT2D eigenvalue weighted by Crippen LogP contribution is 2.34. The fraction of sp³-hybridized carbons (Fsp3) is 0.176. The summed E-state index contributed by atoms with van der Waals surface area (Å²) in [5.74, 6) is 0.732. The Hall–Kier alpha value is -2.71. The molecule has 26 heavy (non-hydrogen) atoms. The van der Waals surface area contributed by atoms with Crippen LogP contribution in [-0.2, 0) is 0 Å². The third-order valence-electron chi connectivity index (χ3n) is 3.34. The zero-order chi connectivity index (χ0) is 19.1. The van der Waals surface area contributed by atoms with Gasteiger partial charge in [0.25, 0.3) is 5.91 Å². The van der Waals surface area contributed by atoms with Crippen LogP contribution in [0.15, 0.2) is 36.4 Å². The van der Waals surface area contributed by atoms with Crippen LogP contribution in [0.3, 0.4) is 0 Å². The quantitative estimate of drug-likeness (QED) is 0.530. The summed E-state index contributed by atoms with van der Waals surface area (Å²) in [5, 5.41) is 3.74. The maximum Gasteiger partial charge on any atom is 0.273 e. The molecule has 0 aromatic heterocycles. The maximum atomic E-state index is 12.4. The van der Waals surface area contributed by atoms with Crippen LogP contribution in [0.2, 0.25) is 5.02 Å². The molecule has 0 saturated carbocycles. The van der Waals surface area contributed by atoms with Gasteiger partial charge in [-0.1, -0.05) is 11.6 Å². The van der Waals surface area contributed by atoms with Crippen molar-refractivity contribution in [3.05, 3.63) is 47.0 Å². The van der Waals surface area contributed by atoms with Gasteiger partial charge in [0.15, 0.2) is 16.6 Å². The van der Waals surface area contributed by atoms with Crippen LogP contribution >= 0.6 is 23.8 Å². The van der Waals surface area contributed by atoms with Gasteiger partial charge in [0.1, 0.15) is 5.75 Å². The molecule has 0 fully saturated rings. The standard InChI is InChI=1S/C17H18ClN3O4S/c1-23-13-9-15(25-3)14(24-2)8-12(13)16(22)20-21-17(26)19-11-6-4-10(18)5-7-11/h4-9H,1-3H3,(H,20,22)(H2,19,21,26). The molecule has 7 nitrogen and oxygen atoms in total. The second-order valence-corrected chi connectivity index (χ2v) is 5.79. The molecule has 9 heteroatoms. The highest BCUT2D eigenvalue weighted by atomic mass is 35.5. The van der Waals surface area contributed by atoms with Gasteiger partial charge in [-0.2, -0.15) is 0 Å². The van der Waals surface area contributed by atoms with Crippen LogP contribution in [0.5, 0.6) is 17.2 Å². The second-order valence-electron chi connectivity index (χ2n) is 4.95. The van der Waals surface area contributed by atoms with Crippen LogP contribution in [0.1, 0.15) is 10.4 Å². The summed E-state index contributed by atoms with van der Waals surface area (Å²) < 4.78 is 15.6. The molecule has 0 atom stereocenters. The number of thiocarbonyl (C=S) groups is 1. The summed E-state index contributed by atoms with van der Waals surface area (Å²) in [5.41, 5.74) is 6.10. The van der Waals surface area contributed by atoms with Crippen molar-refractivity contribution in [2.45, 2.75) is 0 Å². The van der Waals surface area contributed by atoms with Crippen molar-refractivity contribution in [2.75, 3.05) is 26.6 Å². The second kappa shape index (κ2) is 9.12. The lowest BCUT2D eigenvalue weighted by molar-refractivity contribution is 0.0940. The van der Waals surface area contributed by atoms with E-state index in [0.717, 1.165) is 5.69 Å². The Kier molecular flexibility index (Phi) is 6.88. The van der Waals surface area contributed by atoms with Gasteiger partial charge in [-0.25, -0.2) is 0 Å². The lowest BCUT2D eigenvalue weighted by Gasteiger charge is -2.15. The summed E-state index contributed by atoms with van der Waals surface area (Å²) in [7, 11) is 4.44. The topological polar surface area (TPSA) is 80.9 Å². The van der Waals surface area contributed by atoms with Gasteiger partial charge in [-0.3, -0.25) is 15.6 Å². The van der Waals surface area contributed by atoms with Gasteiger partial charge >= 0.3 is 0 Å². The minimum absolute atomic E-state index is 0.208. The molecular weight excluding hydrogens is 378 g/mol. The Morgan fingerprint density at radius 1 is 0.923 bits per heavy atom. The van der Waals surface area contributed by atoms with E-state index >= 15 is 0 Å². The van der Waals surface area contributed by atoms with Gasteiger partial charge < -0.3 is 19.5 Å². The number of amides is 1. The highest BCUT2D eigenvalue weighted by Gasteiger charge is 2.17. The third-order valence-corrected chi connectivity index (χ3v) is 3.80. The van der Waals surface area contributed by atoms with E-state index in [1.807, 2.05) is 0 Å². The van der Waals surface area contributed by atoms with E-state index in [2.05, 4.69) is 16.2 Å². The van der Waals surface area contributed by atoms with Crippen molar-refractivity contribution in [3.8, 4) is 17.2 Å². The first-order valence-electron chi connectivity index (χ1n) is 7.41. The van der Waals surface area contributed by atoms with E-state index in [-0.39, 0.29) is 10.7 Å². The Bertz CT molecular complexity index is 799. The van der Waals surface area contributed by atoms with E-state index in [9.17, 15) is 4.79 Å². The van der Waals surface area contributed by atoms with Gasteiger partial charge in [0.05, 0.1) is 26.9 Å². The first kappa shape index (κ1) is 19.6. The summed E-state index contributed by atoms with van der Waals surface area (Å²) in [6.07, 6.45) is 0. The molecule has 3 N–H and O–H groups in total. The number of methoxy groups -OCH3 is 3. The average Bonchev–Trinajstić information content (AvgIpc) is 2.66. The van der Waals surface area contributed by atoms with Crippen LogP contribution in [0.4, 0.5) is 5.69 Å². The van der Waals surface area contributed by atoms with Gasteiger partial charge in [-0.15, -0.1) is 0 Å². The molecule has 2 aromatic carbocycles. The molecule has 0 aliphatic carbocycles. The molecule has 0 aliphatic heterocycles. The van der Waals surface area contributed by atoms with Crippen LogP contribution < -0.4 is 30.4 Å². The van der Waals surface area contributed by atoms with E-state index in [1.165, 1.54) is 27.4 Å². The van der Waals surface area contributed by atoms with Crippen molar-refractivity contribution in [3.63, 3.8) is 0 Å². The average molecular weight is 396 g/mol. The molecular formula is C17H18ClN3O4S. The highest BCUT2D eigenvalue weighted by molar-refractivity contribution is 7.80. The third kappa shape index (κ3) is 4.90. The van der Waals surface area contributed by atoms with Crippen molar-refractivity contribution < 1.29 is 19.0 Å². The Balaban J connectivity index is 2.04. The first-order valence-corrected chi connectivity index (χ1v) is 8.20.